The molecule has 36 heavy (non-hydrogen) atoms. The van der Waals surface area contributed by atoms with Gasteiger partial charge in [0.05, 0.1) is 0 Å². The molecule has 0 aromatic heterocycles. The Labute approximate surface area is 217 Å². The molecule has 9 nitrogen and oxygen atoms in total. The quantitative estimate of drug-likeness (QED) is 0.284. The second-order valence-corrected chi connectivity index (χ2v) is 9.57. The molecule has 0 spiro atoms. The van der Waals surface area contributed by atoms with Crippen molar-refractivity contribution < 1.29 is 9.13 Å². The summed E-state index contributed by atoms with van der Waals surface area (Å²) in [6.07, 6.45) is 0. The molecular weight excluding hydrogens is 458 g/mol. The molecule has 6 N–H and O–H groups in total. The van der Waals surface area contributed by atoms with Crippen LogP contribution in [-0.4, -0.2) is 128 Å². The van der Waals surface area contributed by atoms with E-state index in [2.05, 4.69) is 59.9 Å². The zero-order valence-electron chi connectivity index (χ0n) is 22.1. The molecule has 2 saturated heterocycles. The summed E-state index contributed by atoms with van der Waals surface area (Å²) in [5.41, 5.74) is 2.46. The lowest BCUT2D eigenvalue weighted by Crippen LogP contribution is -2.41. The summed E-state index contributed by atoms with van der Waals surface area (Å²) in [4.78, 5) is 4.98. The van der Waals surface area contributed by atoms with Crippen LogP contribution < -0.4 is 36.6 Å². The number of rotatable bonds is 7. The number of halogens is 1. The molecule has 0 aliphatic carbocycles. The van der Waals surface area contributed by atoms with Crippen molar-refractivity contribution in [3.8, 4) is 5.75 Å². The Kier molecular flexibility index (Phi) is 15.3. The maximum atomic E-state index is 12.9. The van der Waals surface area contributed by atoms with Crippen molar-refractivity contribution in [2.45, 2.75) is 13.1 Å². The molecule has 3 rings (SSSR count). The summed E-state index contributed by atoms with van der Waals surface area (Å²) in [6, 6.07) is 6.49. The molecule has 0 saturated carbocycles. The minimum atomic E-state index is -0.476. The normalized spacial score (nSPS) is 21.5. The predicted molar refractivity (Wildman–Crippen MR) is 146 cm³/mol. The SMILES string of the molecule is [18F]CCOc1cc(CN2CCNCCNCCNCC2)cc(CN2CCNCCNCCNCC2)c1. The fourth-order valence-electron chi connectivity index (χ4n) is 4.61. The second kappa shape index (κ2) is 18.8. The van der Waals surface area contributed by atoms with Gasteiger partial charge in [0, 0.05) is 118 Å². The van der Waals surface area contributed by atoms with Gasteiger partial charge in [0.15, 0.2) is 0 Å². The van der Waals surface area contributed by atoms with E-state index in [0.29, 0.717) is 0 Å². The number of alkyl halides is 1. The Balaban J connectivity index is 1.65. The first-order chi connectivity index (χ1) is 17.8. The van der Waals surface area contributed by atoms with Crippen LogP contribution >= 0.6 is 0 Å². The van der Waals surface area contributed by atoms with Crippen LogP contribution in [-0.2, 0) is 13.1 Å². The fraction of sp³-hybridized carbons (Fsp3) is 0.769. The number of ether oxygens (including phenoxy) is 1. The Morgan fingerprint density at radius 3 is 1.28 bits per heavy atom. The van der Waals surface area contributed by atoms with Crippen molar-refractivity contribution in [1.29, 1.82) is 0 Å². The van der Waals surface area contributed by atoms with Crippen molar-refractivity contribution in [1.82, 2.24) is 41.7 Å². The monoisotopic (exact) mass is 507 g/mol. The van der Waals surface area contributed by atoms with Gasteiger partial charge in [-0.3, -0.25) is 9.80 Å². The molecular formula is C26H49FN8O. The average Bonchev–Trinajstić information content (AvgIpc) is 2.86. The molecule has 10 heteroatoms. The topological polar surface area (TPSA) is 87.9 Å². The average molecular weight is 508 g/mol. The van der Waals surface area contributed by atoms with Crippen LogP contribution in [0.1, 0.15) is 11.1 Å². The minimum Gasteiger partial charge on any atom is -0.491 e. The first-order valence-electron chi connectivity index (χ1n) is 13.8. The molecule has 1 aromatic carbocycles. The Bertz CT molecular complexity index is 624. The van der Waals surface area contributed by atoms with Gasteiger partial charge in [-0.2, -0.15) is 0 Å². The highest BCUT2D eigenvalue weighted by Gasteiger charge is 2.12. The summed E-state index contributed by atoms with van der Waals surface area (Å²) >= 11 is 0. The number of hydrogen-bond acceptors (Lipinski definition) is 9. The third kappa shape index (κ3) is 12.7. The Morgan fingerprint density at radius 2 is 0.917 bits per heavy atom. The van der Waals surface area contributed by atoms with Crippen LogP contribution in [0.4, 0.5) is 4.39 Å². The molecule has 206 valence electrons. The van der Waals surface area contributed by atoms with Crippen LogP contribution in [0.3, 0.4) is 0 Å². The van der Waals surface area contributed by atoms with Crippen molar-refractivity contribution in [3.05, 3.63) is 29.3 Å². The van der Waals surface area contributed by atoms with E-state index in [1.54, 1.807) is 0 Å². The highest BCUT2D eigenvalue weighted by Crippen LogP contribution is 2.20. The first-order valence-corrected chi connectivity index (χ1v) is 13.8. The van der Waals surface area contributed by atoms with Crippen LogP contribution in [0.2, 0.25) is 0 Å². The number of hydrogen-bond donors (Lipinski definition) is 6. The Morgan fingerprint density at radius 1 is 0.556 bits per heavy atom. The van der Waals surface area contributed by atoms with E-state index in [9.17, 15) is 4.39 Å². The van der Waals surface area contributed by atoms with Crippen molar-refractivity contribution in [3.63, 3.8) is 0 Å². The lowest BCUT2D eigenvalue weighted by Gasteiger charge is -2.26. The van der Waals surface area contributed by atoms with E-state index in [4.69, 9.17) is 4.74 Å². The highest BCUT2D eigenvalue weighted by molar-refractivity contribution is 5.34. The molecule has 0 bridgehead atoms. The summed E-state index contributed by atoms with van der Waals surface area (Å²) in [7, 11) is 0. The molecule has 0 radical (unpaired) electrons. The zero-order chi connectivity index (χ0) is 25.1. The largest absolute Gasteiger partial charge is 0.491 e. The van der Waals surface area contributed by atoms with Crippen LogP contribution in [0.5, 0.6) is 5.75 Å². The van der Waals surface area contributed by atoms with Gasteiger partial charge in [-0.1, -0.05) is 6.07 Å². The molecule has 0 amide bonds. The molecule has 0 unspecified atom stereocenters. The molecule has 2 aliphatic rings. The van der Waals surface area contributed by atoms with Gasteiger partial charge >= 0.3 is 0 Å². The summed E-state index contributed by atoms with van der Waals surface area (Å²) in [5.74, 6) is 0.772. The van der Waals surface area contributed by atoms with Gasteiger partial charge in [0.25, 0.3) is 0 Å². The number of nitrogens with one attached hydrogen (secondary N) is 6. The summed E-state index contributed by atoms with van der Waals surface area (Å²) in [6.45, 7) is 17.1. The number of nitrogens with zero attached hydrogens (tertiary/aromatic N) is 2. The first kappa shape index (κ1) is 29.2. The van der Waals surface area contributed by atoms with Crippen LogP contribution in [0.25, 0.3) is 0 Å². The molecule has 2 fully saturated rings. The van der Waals surface area contributed by atoms with E-state index in [1.807, 2.05) is 0 Å². The number of benzene rings is 1. The van der Waals surface area contributed by atoms with Crippen LogP contribution in [0, 0.1) is 0 Å². The summed E-state index contributed by atoms with van der Waals surface area (Å²) < 4.78 is 18.6. The van der Waals surface area contributed by atoms with E-state index < -0.39 is 6.67 Å². The molecule has 2 aliphatic heterocycles. The smallest absolute Gasteiger partial charge is 0.123 e. The van der Waals surface area contributed by atoms with Crippen LogP contribution in [0.15, 0.2) is 18.2 Å². The molecule has 2 heterocycles. The zero-order valence-corrected chi connectivity index (χ0v) is 22.1. The van der Waals surface area contributed by atoms with E-state index in [1.165, 1.54) is 11.1 Å². The maximum absolute atomic E-state index is 12.9. The molecule has 0 atom stereocenters. The summed E-state index contributed by atoms with van der Waals surface area (Å²) in [5, 5.41) is 21.0. The van der Waals surface area contributed by atoms with E-state index in [-0.39, 0.29) is 6.61 Å². The van der Waals surface area contributed by atoms with Gasteiger partial charge in [-0.25, -0.2) is 4.39 Å². The van der Waals surface area contributed by atoms with Gasteiger partial charge in [0.2, 0.25) is 0 Å². The van der Waals surface area contributed by atoms with Gasteiger partial charge in [-0.05, 0) is 23.3 Å². The van der Waals surface area contributed by atoms with Gasteiger partial charge < -0.3 is 36.6 Å². The fourth-order valence-corrected chi connectivity index (χ4v) is 4.61. The lowest BCUT2D eigenvalue weighted by molar-refractivity contribution is 0.254. The van der Waals surface area contributed by atoms with Crippen molar-refractivity contribution in [2.75, 3.05) is 118 Å². The lowest BCUT2D eigenvalue weighted by atomic mass is 10.1. The van der Waals surface area contributed by atoms with Gasteiger partial charge in [-0.15, -0.1) is 0 Å². The maximum Gasteiger partial charge on any atom is 0.123 e. The highest BCUT2D eigenvalue weighted by atomic mass is 18.2. The third-order valence-corrected chi connectivity index (χ3v) is 6.52. The van der Waals surface area contributed by atoms with E-state index in [0.717, 1.165) is 124 Å². The van der Waals surface area contributed by atoms with Crippen molar-refractivity contribution >= 4 is 0 Å². The predicted octanol–water partition coefficient (Wildman–Crippen LogP) is -0.796. The standard InChI is InChI=1S/C26H49FN8O/c27-1-18-36-26-20-24(22-34-14-10-30-6-2-28-3-7-31-11-15-34)19-25(21-26)23-35-16-12-32-8-4-29-5-9-33-13-17-35/h19-21,28-33H,1-18,22-23H2/i27-1. The molecule has 1 aromatic rings. The van der Waals surface area contributed by atoms with E-state index >= 15 is 0 Å². The second-order valence-electron chi connectivity index (χ2n) is 9.57. The van der Waals surface area contributed by atoms with Crippen molar-refractivity contribution in [2.24, 2.45) is 0 Å². The third-order valence-electron chi connectivity index (χ3n) is 6.52. The Hall–Kier alpha value is -1.37. The van der Waals surface area contributed by atoms with Gasteiger partial charge in [0.1, 0.15) is 19.0 Å². The minimum absolute atomic E-state index is 0.0973.